The molecule has 0 bridgehead atoms. The van der Waals surface area contributed by atoms with Crippen LogP contribution >= 0.6 is 11.3 Å². The number of para-hydroxylation sites is 1. The summed E-state index contributed by atoms with van der Waals surface area (Å²) in [5, 5.41) is 9.54. The Labute approximate surface area is 114 Å². The van der Waals surface area contributed by atoms with Crippen LogP contribution in [0, 0.1) is 0 Å². The molecule has 2 heterocycles. The Kier molecular flexibility index (Phi) is 3.10. The summed E-state index contributed by atoms with van der Waals surface area (Å²) < 4.78 is 0. The van der Waals surface area contributed by atoms with E-state index in [1.807, 2.05) is 37.3 Å². The SMILES string of the molecule is CC(N)c1cnc(-c2cnn(-c3ccccc3)n2)s1. The zero-order valence-electron chi connectivity index (χ0n) is 10.4. The number of benzene rings is 1. The summed E-state index contributed by atoms with van der Waals surface area (Å²) in [6.07, 6.45) is 3.52. The Balaban J connectivity index is 1.92. The van der Waals surface area contributed by atoms with Crippen molar-refractivity contribution in [1.82, 2.24) is 20.0 Å². The normalized spacial score (nSPS) is 12.5. The molecule has 6 heteroatoms. The van der Waals surface area contributed by atoms with E-state index in [1.54, 1.807) is 28.5 Å². The molecule has 0 saturated carbocycles. The fourth-order valence-electron chi connectivity index (χ4n) is 1.66. The maximum absolute atomic E-state index is 5.83. The van der Waals surface area contributed by atoms with Gasteiger partial charge in [-0.1, -0.05) is 18.2 Å². The molecule has 19 heavy (non-hydrogen) atoms. The van der Waals surface area contributed by atoms with E-state index < -0.39 is 0 Å². The second kappa shape index (κ2) is 4.91. The third kappa shape index (κ3) is 2.40. The van der Waals surface area contributed by atoms with Gasteiger partial charge >= 0.3 is 0 Å². The van der Waals surface area contributed by atoms with Crippen LogP contribution in [-0.4, -0.2) is 20.0 Å². The van der Waals surface area contributed by atoms with Crippen molar-refractivity contribution in [1.29, 1.82) is 0 Å². The Bertz CT molecular complexity index is 671. The van der Waals surface area contributed by atoms with Crippen LogP contribution in [0.1, 0.15) is 17.8 Å². The molecule has 1 atom stereocenters. The van der Waals surface area contributed by atoms with Crippen LogP contribution in [0.2, 0.25) is 0 Å². The lowest BCUT2D eigenvalue weighted by molar-refractivity contribution is 0.753. The van der Waals surface area contributed by atoms with Crippen LogP contribution in [0.4, 0.5) is 0 Å². The van der Waals surface area contributed by atoms with Crippen molar-refractivity contribution in [3.05, 3.63) is 47.6 Å². The van der Waals surface area contributed by atoms with Crippen LogP contribution in [0.15, 0.2) is 42.7 Å². The molecule has 2 aromatic heterocycles. The van der Waals surface area contributed by atoms with Crippen LogP contribution in [0.3, 0.4) is 0 Å². The van der Waals surface area contributed by atoms with Crippen molar-refractivity contribution < 1.29 is 0 Å². The van der Waals surface area contributed by atoms with Gasteiger partial charge in [0.1, 0.15) is 10.7 Å². The number of aromatic nitrogens is 4. The predicted molar refractivity (Wildman–Crippen MR) is 75.1 cm³/mol. The smallest absolute Gasteiger partial charge is 0.145 e. The molecule has 0 aliphatic rings. The molecule has 96 valence electrons. The van der Waals surface area contributed by atoms with E-state index in [2.05, 4.69) is 15.2 Å². The zero-order valence-corrected chi connectivity index (χ0v) is 11.2. The summed E-state index contributed by atoms with van der Waals surface area (Å²) in [6.45, 7) is 1.94. The third-order valence-corrected chi connectivity index (χ3v) is 3.89. The first kappa shape index (κ1) is 12.0. The van der Waals surface area contributed by atoms with Crippen LogP contribution < -0.4 is 5.73 Å². The first-order chi connectivity index (χ1) is 9.24. The van der Waals surface area contributed by atoms with E-state index >= 15 is 0 Å². The summed E-state index contributed by atoms with van der Waals surface area (Å²) in [7, 11) is 0. The van der Waals surface area contributed by atoms with Crippen molar-refractivity contribution in [2.75, 3.05) is 0 Å². The van der Waals surface area contributed by atoms with E-state index in [4.69, 9.17) is 5.73 Å². The average Bonchev–Trinajstić information content (AvgIpc) is 3.09. The van der Waals surface area contributed by atoms with Gasteiger partial charge in [-0.05, 0) is 19.1 Å². The van der Waals surface area contributed by atoms with Crippen molar-refractivity contribution in [3.8, 4) is 16.4 Å². The van der Waals surface area contributed by atoms with Gasteiger partial charge in [0.25, 0.3) is 0 Å². The fraction of sp³-hybridized carbons (Fsp3) is 0.154. The van der Waals surface area contributed by atoms with Gasteiger partial charge in [-0.3, -0.25) is 0 Å². The molecule has 2 N–H and O–H groups in total. The van der Waals surface area contributed by atoms with Crippen molar-refractivity contribution >= 4 is 11.3 Å². The van der Waals surface area contributed by atoms with Crippen LogP contribution in [0.5, 0.6) is 0 Å². The van der Waals surface area contributed by atoms with Gasteiger partial charge in [0.15, 0.2) is 0 Å². The van der Waals surface area contributed by atoms with Gasteiger partial charge in [-0.25, -0.2) is 4.98 Å². The summed E-state index contributed by atoms with van der Waals surface area (Å²) in [5.74, 6) is 0. The Morgan fingerprint density at radius 2 is 2.00 bits per heavy atom. The second-order valence-corrected chi connectivity index (χ2v) is 5.27. The van der Waals surface area contributed by atoms with Crippen LogP contribution in [0.25, 0.3) is 16.4 Å². The largest absolute Gasteiger partial charge is 0.323 e. The number of nitrogens with zero attached hydrogens (tertiary/aromatic N) is 4. The van der Waals surface area contributed by atoms with E-state index in [1.165, 1.54) is 0 Å². The van der Waals surface area contributed by atoms with Crippen molar-refractivity contribution in [2.24, 2.45) is 5.73 Å². The number of hydrogen-bond donors (Lipinski definition) is 1. The molecule has 0 amide bonds. The molecule has 0 fully saturated rings. The summed E-state index contributed by atoms with van der Waals surface area (Å²) in [5.41, 5.74) is 7.52. The molecule has 0 spiro atoms. The standard InChI is InChI=1S/C13H13N5S/c1-9(14)12-8-15-13(19-12)11-7-16-18(17-11)10-5-3-2-4-6-10/h2-9H,14H2,1H3. The van der Waals surface area contributed by atoms with E-state index in [0.717, 1.165) is 21.3 Å². The summed E-state index contributed by atoms with van der Waals surface area (Å²) in [6, 6.07) is 9.78. The van der Waals surface area contributed by atoms with E-state index in [9.17, 15) is 0 Å². The highest BCUT2D eigenvalue weighted by molar-refractivity contribution is 7.15. The minimum atomic E-state index is -0.00424. The van der Waals surface area contributed by atoms with E-state index in [-0.39, 0.29) is 6.04 Å². The molecule has 0 saturated heterocycles. The molecule has 0 aliphatic heterocycles. The Morgan fingerprint density at radius 1 is 1.21 bits per heavy atom. The summed E-state index contributed by atoms with van der Waals surface area (Å²) in [4.78, 5) is 6.98. The first-order valence-corrected chi connectivity index (χ1v) is 6.75. The van der Waals surface area contributed by atoms with Gasteiger partial charge < -0.3 is 5.73 Å². The number of hydrogen-bond acceptors (Lipinski definition) is 5. The molecule has 5 nitrogen and oxygen atoms in total. The van der Waals surface area contributed by atoms with E-state index in [0.29, 0.717) is 0 Å². The molecule has 1 aromatic carbocycles. The zero-order chi connectivity index (χ0) is 13.2. The first-order valence-electron chi connectivity index (χ1n) is 5.93. The highest BCUT2D eigenvalue weighted by Crippen LogP contribution is 2.26. The topological polar surface area (TPSA) is 69.6 Å². The van der Waals surface area contributed by atoms with Crippen molar-refractivity contribution in [2.45, 2.75) is 13.0 Å². The average molecular weight is 271 g/mol. The summed E-state index contributed by atoms with van der Waals surface area (Å²) >= 11 is 1.55. The lowest BCUT2D eigenvalue weighted by Crippen LogP contribution is -2.01. The quantitative estimate of drug-likeness (QED) is 0.794. The highest BCUT2D eigenvalue weighted by Gasteiger charge is 2.11. The van der Waals surface area contributed by atoms with Gasteiger partial charge in [0, 0.05) is 17.1 Å². The Hall–Kier alpha value is -2.05. The molecule has 3 aromatic rings. The molecule has 0 radical (unpaired) electrons. The lowest BCUT2D eigenvalue weighted by atomic mass is 10.3. The van der Waals surface area contributed by atoms with Gasteiger partial charge in [0.05, 0.1) is 11.9 Å². The minimum absolute atomic E-state index is 0.00424. The number of nitrogens with two attached hydrogens (primary N) is 1. The maximum Gasteiger partial charge on any atom is 0.145 e. The van der Waals surface area contributed by atoms with Gasteiger partial charge in [-0.15, -0.1) is 16.4 Å². The fourth-order valence-corrected chi connectivity index (χ4v) is 2.48. The third-order valence-electron chi connectivity index (χ3n) is 2.67. The highest BCUT2D eigenvalue weighted by atomic mass is 32.1. The number of thiazole rings is 1. The monoisotopic (exact) mass is 271 g/mol. The minimum Gasteiger partial charge on any atom is -0.323 e. The van der Waals surface area contributed by atoms with Gasteiger partial charge in [-0.2, -0.15) is 9.90 Å². The molecule has 1 unspecified atom stereocenters. The lowest BCUT2D eigenvalue weighted by Gasteiger charge is -1.97. The number of rotatable bonds is 3. The molecule has 3 rings (SSSR count). The second-order valence-electron chi connectivity index (χ2n) is 4.21. The predicted octanol–water partition coefficient (Wildman–Crippen LogP) is 2.41. The molecule has 0 aliphatic carbocycles. The van der Waals surface area contributed by atoms with Gasteiger partial charge in [0.2, 0.25) is 0 Å². The van der Waals surface area contributed by atoms with Crippen LogP contribution in [-0.2, 0) is 0 Å². The maximum atomic E-state index is 5.83. The molecular weight excluding hydrogens is 258 g/mol. The van der Waals surface area contributed by atoms with Crippen molar-refractivity contribution in [3.63, 3.8) is 0 Å². The molecular formula is C13H13N5S. The Morgan fingerprint density at radius 3 is 2.68 bits per heavy atom.